The van der Waals surface area contributed by atoms with E-state index in [1.54, 1.807) is 12.0 Å². The van der Waals surface area contributed by atoms with Crippen LogP contribution in [0.3, 0.4) is 0 Å². The molecule has 0 aliphatic carbocycles. The highest BCUT2D eigenvalue weighted by molar-refractivity contribution is 9.10. The fraction of sp³-hybridized carbons (Fsp3) is 0.524. The normalized spacial score (nSPS) is 12.9. The second kappa shape index (κ2) is 7.89. The van der Waals surface area contributed by atoms with Crippen molar-refractivity contribution in [2.75, 3.05) is 14.2 Å². The molecule has 0 unspecified atom stereocenters. The highest BCUT2D eigenvalue weighted by Gasteiger charge is 2.29. The number of fused-ring (bicyclic) bond motifs is 3. The number of hydrogen-bond donors (Lipinski definition) is 0. The second-order valence-corrected chi connectivity index (χ2v) is 9.05. The summed E-state index contributed by atoms with van der Waals surface area (Å²) in [4.78, 5) is 19.1. The minimum atomic E-state index is -0.253. The summed E-state index contributed by atoms with van der Waals surface area (Å²) in [7, 11) is 3.42. The number of halogens is 1. The third-order valence-corrected chi connectivity index (χ3v) is 5.46. The zero-order valence-electron chi connectivity index (χ0n) is 18.0. The predicted molar refractivity (Wildman–Crippen MR) is 114 cm³/mol. The largest absolute Gasteiger partial charge is 0.493 e. The standard InChI is InChI=1S/C21H28BrN3O4/c1-12(2)29-18-9-14-16(10-17(18)27-7)28-11-15-13(23-20(22)25(14)15)8-19(26)24(6)21(3,4)5/h9-10,12H,8,11H2,1-7H3. The molecule has 0 radical (unpaired) electrons. The summed E-state index contributed by atoms with van der Waals surface area (Å²) in [6.45, 7) is 10.3. The van der Waals surface area contributed by atoms with E-state index in [-0.39, 0.29) is 24.0 Å². The lowest BCUT2D eigenvalue weighted by Gasteiger charge is -2.32. The molecule has 0 saturated heterocycles. The fourth-order valence-corrected chi connectivity index (χ4v) is 3.73. The van der Waals surface area contributed by atoms with Crippen LogP contribution >= 0.6 is 15.9 Å². The van der Waals surface area contributed by atoms with E-state index in [1.807, 2.05) is 58.4 Å². The fourth-order valence-electron chi connectivity index (χ4n) is 3.11. The molecule has 0 fully saturated rings. The number of ether oxygens (including phenoxy) is 3. The Kier molecular flexibility index (Phi) is 5.85. The number of rotatable bonds is 5. The summed E-state index contributed by atoms with van der Waals surface area (Å²) in [6, 6.07) is 3.71. The number of amides is 1. The highest BCUT2D eigenvalue weighted by atomic mass is 79.9. The quantitative estimate of drug-likeness (QED) is 0.664. The van der Waals surface area contributed by atoms with Crippen molar-refractivity contribution >= 4 is 21.8 Å². The first-order valence-corrected chi connectivity index (χ1v) is 10.4. The van der Waals surface area contributed by atoms with Gasteiger partial charge in [-0.15, -0.1) is 0 Å². The summed E-state index contributed by atoms with van der Waals surface area (Å²) in [6.07, 6.45) is 0.206. The molecule has 0 N–H and O–H groups in total. The van der Waals surface area contributed by atoms with Crippen LogP contribution in [0.1, 0.15) is 46.0 Å². The van der Waals surface area contributed by atoms with Crippen molar-refractivity contribution in [1.82, 2.24) is 14.5 Å². The predicted octanol–water partition coefficient (Wildman–Crippen LogP) is 4.12. The first-order chi connectivity index (χ1) is 13.5. The lowest BCUT2D eigenvalue weighted by molar-refractivity contribution is -0.133. The SMILES string of the molecule is COc1cc2c(cc1OC(C)C)-n1c(Br)nc(CC(=O)N(C)C(C)(C)C)c1CO2. The lowest BCUT2D eigenvalue weighted by atomic mass is 10.1. The molecule has 0 spiro atoms. The third kappa shape index (κ3) is 4.22. The molecule has 8 heteroatoms. The van der Waals surface area contributed by atoms with Gasteiger partial charge in [0.05, 0.1) is 36.7 Å². The van der Waals surface area contributed by atoms with Crippen LogP contribution in [0, 0.1) is 0 Å². The Balaban J connectivity index is 2.01. The molecule has 158 valence electrons. The molecule has 2 heterocycles. The number of benzene rings is 1. The van der Waals surface area contributed by atoms with E-state index in [9.17, 15) is 4.79 Å². The van der Waals surface area contributed by atoms with Gasteiger partial charge in [0, 0.05) is 24.7 Å². The smallest absolute Gasteiger partial charge is 0.228 e. The van der Waals surface area contributed by atoms with E-state index in [1.165, 1.54) is 0 Å². The van der Waals surface area contributed by atoms with Gasteiger partial charge in [0.15, 0.2) is 16.2 Å². The summed E-state index contributed by atoms with van der Waals surface area (Å²) < 4.78 is 19.9. The van der Waals surface area contributed by atoms with E-state index < -0.39 is 0 Å². The van der Waals surface area contributed by atoms with Gasteiger partial charge < -0.3 is 19.1 Å². The van der Waals surface area contributed by atoms with E-state index in [2.05, 4.69) is 20.9 Å². The van der Waals surface area contributed by atoms with Gasteiger partial charge in [-0.3, -0.25) is 9.36 Å². The molecule has 0 bridgehead atoms. The van der Waals surface area contributed by atoms with Gasteiger partial charge >= 0.3 is 0 Å². The first-order valence-electron chi connectivity index (χ1n) is 9.57. The number of likely N-dealkylation sites (N-methyl/N-ethyl adjacent to an activating group) is 1. The van der Waals surface area contributed by atoms with Crippen LogP contribution in [-0.2, 0) is 17.8 Å². The maximum absolute atomic E-state index is 12.7. The Morgan fingerprint density at radius 1 is 1.34 bits per heavy atom. The van der Waals surface area contributed by atoms with Crippen molar-refractivity contribution in [2.45, 2.75) is 59.3 Å². The van der Waals surface area contributed by atoms with Crippen LogP contribution in [0.15, 0.2) is 16.9 Å². The van der Waals surface area contributed by atoms with Gasteiger partial charge in [0.25, 0.3) is 0 Å². The van der Waals surface area contributed by atoms with Gasteiger partial charge in [-0.05, 0) is 50.5 Å². The van der Waals surface area contributed by atoms with Crippen molar-refractivity contribution < 1.29 is 19.0 Å². The lowest BCUT2D eigenvalue weighted by Crippen LogP contribution is -2.43. The number of imidazole rings is 1. The summed E-state index contributed by atoms with van der Waals surface area (Å²) in [5, 5.41) is 0. The van der Waals surface area contributed by atoms with Crippen LogP contribution in [-0.4, -0.2) is 46.2 Å². The van der Waals surface area contributed by atoms with Crippen LogP contribution in [0.2, 0.25) is 0 Å². The van der Waals surface area contributed by atoms with Gasteiger partial charge in [0.1, 0.15) is 12.4 Å². The molecular weight excluding hydrogens is 438 g/mol. The van der Waals surface area contributed by atoms with Gasteiger partial charge in [-0.1, -0.05) is 0 Å². The van der Waals surface area contributed by atoms with Gasteiger partial charge in [-0.25, -0.2) is 4.98 Å². The van der Waals surface area contributed by atoms with Crippen molar-refractivity contribution in [2.24, 2.45) is 0 Å². The van der Waals surface area contributed by atoms with Crippen LogP contribution in [0.25, 0.3) is 5.69 Å². The van der Waals surface area contributed by atoms with Crippen molar-refractivity contribution in [3.05, 3.63) is 28.3 Å². The molecule has 2 aromatic rings. The molecule has 1 aliphatic heterocycles. The number of methoxy groups -OCH3 is 1. The number of aromatic nitrogens is 2. The maximum atomic E-state index is 12.7. The van der Waals surface area contributed by atoms with E-state index in [0.29, 0.717) is 34.3 Å². The van der Waals surface area contributed by atoms with Gasteiger partial charge in [-0.2, -0.15) is 0 Å². The maximum Gasteiger partial charge on any atom is 0.228 e. The second-order valence-electron chi connectivity index (χ2n) is 8.34. The minimum absolute atomic E-state index is 0.00160. The summed E-state index contributed by atoms with van der Waals surface area (Å²) >= 11 is 3.55. The monoisotopic (exact) mass is 465 g/mol. The molecule has 1 amide bonds. The summed E-state index contributed by atoms with van der Waals surface area (Å²) in [5.41, 5.74) is 2.09. The molecule has 0 saturated carbocycles. The minimum Gasteiger partial charge on any atom is -0.493 e. The van der Waals surface area contributed by atoms with Crippen LogP contribution < -0.4 is 14.2 Å². The summed E-state index contributed by atoms with van der Waals surface area (Å²) in [5.74, 6) is 1.92. The van der Waals surface area contributed by atoms with E-state index in [0.717, 1.165) is 11.4 Å². The average Bonchev–Trinajstić information content (AvgIpc) is 2.95. The molecule has 29 heavy (non-hydrogen) atoms. The topological polar surface area (TPSA) is 65.8 Å². The molecule has 1 aromatic heterocycles. The molecule has 1 aromatic carbocycles. The molecule has 7 nitrogen and oxygen atoms in total. The van der Waals surface area contributed by atoms with E-state index in [4.69, 9.17) is 14.2 Å². The first kappa shape index (κ1) is 21.5. The molecular formula is C21H28BrN3O4. The molecule has 1 aliphatic rings. The zero-order valence-corrected chi connectivity index (χ0v) is 19.6. The molecule has 3 rings (SSSR count). The van der Waals surface area contributed by atoms with Crippen molar-refractivity contribution in [3.8, 4) is 22.9 Å². The Morgan fingerprint density at radius 2 is 2.03 bits per heavy atom. The Bertz CT molecular complexity index is 931. The van der Waals surface area contributed by atoms with Crippen LogP contribution in [0.5, 0.6) is 17.2 Å². The van der Waals surface area contributed by atoms with Crippen molar-refractivity contribution in [3.63, 3.8) is 0 Å². The van der Waals surface area contributed by atoms with Crippen molar-refractivity contribution in [1.29, 1.82) is 0 Å². The number of hydrogen-bond acceptors (Lipinski definition) is 5. The number of carbonyl (C=O) groups is 1. The Labute approximate surface area is 180 Å². The average molecular weight is 466 g/mol. The number of carbonyl (C=O) groups excluding carboxylic acids is 1. The Morgan fingerprint density at radius 3 is 2.62 bits per heavy atom. The molecule has 0 atom stereocenters. The number of nitrogens with zero attached hydrogens (tertiary/aromatic N) is 3. The van der Waals surface area contributed by atoms with Crippen LogP contribution in [0.4, 0.5) is 0 Å². The third-order valence-electron chi connectivity index (χ3n) is 4.93. The van der Waals surface area contributed by atoms with Gasteiger partial charge in [0.2, 0.25) is 5.91 Å². The Hall–Kier alpha value is -2.22. The van der Waals surface area contributed by atoms with E-state index >= 15 is 0 Å². The zero-order chi connectivity index (χ0) is 21.5. The highest BCUT2D eigenvalue weighted by Crippen LogP contribution is 2.42.